The molecule has 1 unspecified atom stereocenters. The van der Waals surface area contributed by atoms with Crippen LogP contribution in [0.3, 0.4) is 0 Å². The number of rotatable bonds is 2. The van der Waals surface area contributed by atoms with Gasteiger partial charge in [0.25, 0.3) is 5.91 Å². The van der Waals surface area contributed by atoms with Crippen molar-refractivity contribution in [2.45, 2.75) is 18.4 Å². The fraction of sp³-hybridized carbons (Fsp3) is 0.385. The number of anilines is 1. The van der Waals surface area contributed by atoms with Gasteiger partial charge in [-0.15, -0.1) is 0 Å². The molecule has 3 rings (SSSR count). The molecule has 19 heavy (non-hydrogen) atoms. The van der Waals surface area contributed by atoms with Gasteiger partial charge in [0.15, 0.2) is 0 Å². The number of hydroxylamine groups is 1. The summed E-state index contributed by atoms with van der Waals surface area (Å²) in [5.74, 6) is -0.638. The molecule has 3 N–H and O–H groups in total. The van der Waals surface area contributed by atoms with Crippen LogP contribution in [0.25, 0.3) is 0 Å². The Bertz CT molecular complexity index is 518. The van der Waals surface area contributed by atoms with E-state index in [9.17, 15) is 9.59 Å². The smallest absolute Gasteiger partial charge is 0.268 e. The van der Waals surface area contributed by atoms with Crippen LogP contribution in [-0.2, 0) is 14.4 Å². The predicted molar refractivity (Wildman–Crippen MR) is 68.3 cm³/mol. The Morgan fingerprint density at radius 1 is 1.37 bits per heavy atom. The van der Waals surface area contributed by atoms with E-state index in [1.54, 1.807) is 0 Å². The van der Waals surface area contributed by atoms with Crippen molar-refractivity contribution in [3.63, 3.8) is 0 Å². The van der Waals surface area contributed by atoms with Gasteiger partial charge in [0.05, 0.1) is 5.92 Å². The Hall–Kier alpha value is -2.08. The molecular weight excluding hydrogens is 246 g/mol. The van der Waals surface area contributed by atoms with Crippen molar-refractivity contribution in [3.05, 3.63) is 29.8 Å². The Labute approximate surface area is 110 Å². The van der Waals surface area contributed by atoms with E-state index in [-0.39, 0.29) is 24.3 Å². The van der Waals surface area contributed by atoms with Gasteiger partial charge < -0.3 is 10.6 Å². The number of para-hydroxylation sites is 1. The van der Waals surface area contributed by atoms with E-state index in [0.29, 0.717) is 0 Å². The third-order valence-corrected chi connectivity index (χ3v) is 3.46. The molecular formula is C13H15N3O3. The lowest BCUT2D eigenvalue weighted by atomic mass is 9.90. The minimum atomic E-state index is -0.588. The Morgan fingerprint density at radius 3 is 3.00 bits per heavy atom. The first kappa shape index (κ1) is 12.0. The molecule has 0 saturated carbocycles. The quantitative estimate of drug-likeness (QED) is 0.707. The van der Waals surface area contributed by atoms with E-state index in [1.807, 2.05) is 24.3 Å². The maximum atomic E-state index is 12.3. The molecule has 1 fully saturated rings. The molecule has 100 valence electrons. The summed E-state index contributed by atoms with van der Waals surface area (Å²) in [6.07, 6.45) is 0.720. The molecule has 6 heteroatoms. The molecule has 2 amide bonds. The summed E-state index contributed by atoms with van der Waals surface area (Å²) < 4.78 is 0. The third-order valence-electron chi connectivity index (χ3n) is 3.46. The van der Waals surface area contributed by atoms with Crippen LogP contribution >= 0.6 is 0 Å². The highest BCUT2D eigenvalue weighted by molar-refractivity contribution is 5.92. The molecule has 2 heterocycles. The van der Waals surface area contributed by atoms with Crippen LogP contribution in [0.15, 0.2) is 24.3 Å². The zero-order valence-corrected chi connectivity index (χ0v) is 10.3. The molecule has 2 atom stereocenters. The predicted octanol–water partition coefficient (Wildman–Crippen LogP) is 0.132. The lowest BCUT2D eigenvalue weighted by Gasteiger charge is -2.26. The van der Waals surface area contributed by atoms with Gasteiger partial charge in [-0.2, -0.15) is 0 Å². The average Bonchev–Trinajstić information content (AvgIpc) is 2.83. The standard InChI is InChI=1S/C13H15N3O3/c17-12(15-11-7-19-16-13(11)18)9-5-6-14-10-4-2-1-3-8(9)10/h1-4,9,11,14H,5-7H2,(H,15,17)(H,16,18)/t9?,11-/m1/s1. The zero-order chi connectivity index (χ0) is 13.2. The van der Waals surface area contributed by atoms with Crippen molar-refractivity contribution in [1.29, 1.82) is 0 Å². The van der Waals surface area contributed by atoms with Gasteiger partial charge >= 0.3 is 0 Å². The highest BCUT2D eigenvalue weighted by atomic mass is 16.7. The van der Waals surface area contributed by atoms with Gasteiger partial charge in [-0.25, -0.2) is 5.48 Å². The zero-order valence-electron chi connectivity index (χ0n) is 10.3. The van der Waals surface area contributed by atoms with E-state index >= 15 is 0 Å². The normalized spacial score (nSPS) is 25.2. The summed E-state index contributed by atoms with van der Waals surface area (Å²) in [6.45, 7) is 0.930. The first-order valence-electron chi connectivity index (χ1n) is 6.30. The second kappa shape index (κ2) is 4.89. The van der Waals surface area contributed by atoms with Crippen molar-refractivity contribution in [1.82, 2.24) is 10.8 Å². The average molecular weight is 261 g/mol. The highest BCUT2D eigenvalue weighted by Gasteiger charge is 2.32. The van der Waals surface area contributed by atoms with Crippen LogP contribution in [0.5, 0.6) is 0 Å². The topological polar surface area (TPSA) is 79.5 Å². The number of fused-ring (bicyclic) bond motifs is 1. The lowest BCUT2D eigenvalue weighted by Crippen LogP contribution is -2.44. The van der Waals surface area contributed by atoms with Crippen LogP contribution in [0.4, 0.5) is 5.69 Å². The number of hydrogen-bond donors (Lipinski definition) is 3. The van der Waals surface area contributed by atoms with Crippen LogP contribution in [-0.4, -0.2) is 31.0 Å². The molecule has 2 aliphatic heterocycles. The van der Waals surface area contributed by atoms with Gasteiger partial charge in [-0.1, -0.05) is 18.2 Å². The Balaban J connectivity index is 1.76. The van der Waals surface area contributed by atoms with Gasteiger partial charge in [-0.3, -0.25) is 14.4 Å². The second-order valence-corrected chi connectivity index (χ2v) is 4.69. The molecule has 1 saturated heterocycles. The van der Waals surface area contributed by atoms with Crippen molar-refractivity contribution in [2.75, 3.05) is 18.5 Å². The molecule has 0 spiro atoms. The molecule has 0 aromatic heterocycles. The second-order valence-electron chi connectivity index (χ2n) is 4.69. The van der Waals surface area contributed by atoms with Gasteiger partial charge in [-0.05, 0) is 18.1 Å². The summed E-state index contributed by atoms with van der Waals surface area (Å²) >= 11 is 0. The van der Waals surface area contributed by atoms with Crippen LogP contribution < -0.4 is 16.1 Å². The van der Waals surface area contributed by atoms with E-state index in [1.165, 1.54) is 0 Å². The molecule has 0 radical (unpaired) electrons. The van der Waals surface area contributed by atoms with Crippen LogP contribution in [0.2, 0.25) is 0 Å². The lowest BCUT2D eigenvalue weighted by molar-refractivity contribution is -0.129. The van der Waals surface area contributed by atoms with Gasteiger partial charge in [0, 0.05) is 12.2 Å². The summed E-state index contributed by atoms with van der Waals surface area (Å²) in [5.41, 5.74) is 4.20. The summed E-state index contributed by atoms with van der Waals surface area (Å²) in [4.78, 5) is 28.5. The van der Waals surface area contributed by atoms with Crippen molar-refractivity contribution < 1.29 is 14.4 Å². The van der Waals surface area contributed by atoms with Crippen LogP contribution in [0, 0.1) is 0 Å². The van der Waals surface area contributed by atoms with E-state index in [4.69, 9.17) is 4.84 Å². The number of carbonyl (C=O) groups excluding carboxylic acids is 2. The molecule has 1 aromatic rings. The summed E-state index contributed by atoms with van der Waals surface area (Å²) in [5, 5.41) is 6.00. The number of benzene rings is 1. The fourth-order valence-electron chi connectivity index (χ4n) is 2.46. The molecule has 0 aliphatic carbocycles. The highest BCUT2D eigenvalue weighted by Crippen LogP contribution is 2.31. The largest absolute Gasteiger partial charge is 0.385 e. The maximum absolute atomic E-state index is 12.3. The SMILES string of the molecule is O=C(N[C@@H]1CONC1=O)C1CCNc2ccccc21. The first-order valence-corrected chi connectivity index (χ1v) is 6.30. The fourth-order valence-corrected chi connectivity index (χ4v) is 2.46. The maximum Gasteiger partial charge on any atom is 0.268 e. The van der Waals surface area contributed by atoms with E-state index in [2.05, 4.69) is 16.1 Å². The first-order chi connectivity index (χ1) is 9.25. The van der Waals surface area contributed by atoms with Crippen molar-refractivity contribution >= 4 is 17.5 Å². The molecule has 0 bridgehead atoms. The molecule has 6 nitrogen and oxygen atoms in total. The molecule has 2 aliphatic rings. The summed E-state index contributed by atoms with van der Waals surface area (Å²) in [6, 6.07) is 7.16. The van der Waals surface area contributed by atoms with Crippen molar-refractivity contribution in [2.24, 2.45) is 0 Å². The number of hydrogen-bond acceptors (Lipinski definition) is 4. The Morgan fingerprint density at radius 2 is 2.21 bits per heavy atom. The third kappa shape index (κ3) is 2.26. The number of nitrogens with one attached hydrogen (secondary N) is 3. The van der Waals surface area contributed by atoms with Gasteiger partial charge in [0.2, 0.25) is 5.91 Å². The monoisotopic (exact) mass is 261 g/mol. The summed E-state index contributed by atoms with van der Waals surface area (Å²) in [7, 11) is 0. The van der Waals surface area contributed by atoms with E-state index in [0.717, 1.165) is 24.2 Å². The number of carbonyl (C=O) groups is 2. The van der Waals surface area contributed by atoms with Crippen molar-refractivity contribution in [3.8, 4) is 0 Å². The van der Waals surface area contributed by atoms with Gasteiger partial charge in [0.1, 0.15) is 12.6 Å². The minimum absolute atomic E-state index is 0.125. The number of amides is 2. The van der Waals surface area contributed by atoms with Crippen LogP contribution in [0.1, 0.15) is 17.9 Å². The molecule has 1 aromatic carbocycles. The minimum Gasteiger partial charge on any atom is -0.385 e. The Kier molecular flexibility index (Phi) is 3.08. The van der Waals surface area contributed by atoms with E-state index < -0.39 is 6.04 Å².